The minimum atomic E-state index is -0.607. The maximum atomic E-state index is 13.2. The highest BCUT2D eigenvalue weighted by Crippen LogP contribution is 2.25. The Kier molecular flexibility index (Phi) is 4.55. The van der Waals surface area contributed by atoms with E-state index in [-0.39, 0.29) is 0 Å². The van der Waals surface area contributed by atoms with Gasteiger partial charge in [-0.1, -0.05) is 18.3 Å². The number of halogens is 2. The highest BCUT2D eigenvalue weighted by Gasteiger charge is 2.12. The lowest BCUT2D eigenvalue weighted by atomic mass is 10.1. The zero-order valence-electron chi connectivity index (χ0n) is 10.8. The van der Waals surface area contributed by atoms with Crippen molar-refractivity contribution in [3.63, 3.8) is 0 Å². The number of nitrogens with zero attached hydrogens (tertiary/aromatic N) is 2. The first-order chi connectivity index (χ1) is 9.06. The fraction of sp³-hybridized carbons (Fsp3) is 0.385. The molecule has 0 bridgehead atoms. The number of hydrogen-bond acceptors (Lipinski definition) is 4. The molecule has 0 aliphatic heterocycles. The summed E-state index contributed by atoms with van der Waals surface area (Å²) in [6.45, 7) is 5.69. The van der Waals surface area contributed by atoms with E-state index in [0.29, 0.717) is 23.7 Å². The number of aromatic nitrogens is 2. The molecule has 1 heterocycles. The van der Waals surface area contributed by atoms with Gasteiger partial charge in [0.2, 0.25) is 0 Å². The smallest absolute Gasteiger partial charge is 0.126 e. The van der Waals surface area contributed by atoms with E-state index in [0.717, 1.165) is 17.5 Å². The lowest BCUT2D eigenvalue weighted by molar-refractivity contribution is 0.555. The zero-order valence-corrected chi connectivity index (χ0v) is 11.6. The van der Waals surface area contributed by atoms with Gasteiger partial charge in [-0.3, -0.25) is 0 Å². The van der Waals surface area contributed by atoms with Crippen LogP contribution in [-0.2, 0) is 6.54 Å². The van der Waals surface area contributed by atoms with Crippen molar-refractivity contribution in [2.75, 3.05) is 6.54 Å². The van der Waals surface area contributed by atoms with E-state index >= 15 is 0 Å². The van der Waals surface area contributed by atoms with Crippen LogP contribution >= 0.6 is 11.5 Å². The van der Waals surface area contributed by atoms with Crippen molar-refractivity contribution < 1.29 is 8.78 Å². The van der Waals surface area contributed by atoms with Gasteiger partial charge in [0, 0.05) is 18.2 Å². The van der Waals surface area contributed by atoms with Gasteiger partial charge in [-0.15, -0.1) is 5.10 Å². The van der Waals surface area contributed by atoms with E-state index in [1.165, 1.54) is 23.7 Å². The van der Waals surface area contributed by atoms with Crippen LogP contribution < -0.4 is 5.32 Å². The van der Waals surface area contributed by atoms with Gasteiger partial charge in [-0.2, -0.15) is 0 Å². The normalized spacial score (nSPS) is 11.2. The van der Waals surface area contributed by atoms with E-state index in [2.05, 4.69) is 28.8 Å². The molecule has 6 heteroatoms. The Bertz CT molecular complexity index is 534. The largest absolute Gasteiger partial charge is 0.311 e. The summed E-state index contributed by atoms with van der Waals surface area (Å²) in [6.07, 6.45) is 0. The van der Waals surface area contributed by atoms with Gasteiger partial charge in [0.15, 0.2) is 0 Å². The van der Waals surface area contributed by atoms with Crippen LogP contribution in [0.2, 0.25) is 0 Å². The van der Waals surface area contributed by atoms with Gasteiger partial charge < -0.3 is 5.32 Å². The predicted octanol–water partition coefficient (Wildman–Crippen LogP) is 3.23. The molecule has 1 aromatic heterocycles. The maximum Gasteiger partial charge on any atom is 0.126 e. The molecular weight excluding hydrogens is 268 g/mol. The van der Waals surface area contributed by atoms with Gasteiger partial charge in [-0.25, -0.2) is 8.78 Å². The number of benzene rings is 1. The summed E-state index contributed by atoms with van der Waals surface area (Å²) < 4.78 is 30.3. The van der Waals surface area contributed by atoms with Crippen molar-refractivity contribution in [3.8, 4) is 11.3 Å². The van der Waals surface area contributed by atoms with Gasteiger partial charge in [-0.05, 0) is 36.1 Å². The molecule has 2 rings (SSSR count). The van der Waals surface area contributed by atoms with Gasteiger partial charge in [0.1, 0.15) is 17.3 Å². The second-order valence-electron chi connectivity index (χ2n) is 4.73. The molecule has 0 spiro atoms. The van der Waals surface area contributed by atoms with Gasteiger partial charge in [0.05, 0.1) is 4.88 Å². The highest BCUT2D eigenvalue weighted by atomic mass is 32.1. The molecule has 0 amide bonds. The molecule has 2 aromatic rings. The van der Waals surface area contributed by atoms with Crippen LogP contribution in [0.1, 0.15) is 18.7 Å². The molecule has 0 unspecified atom stereocenters. The average molecular weight is 283 g/mol. The summed E-state index contributed by atoms with van der Waals surface area (Å²) in [5.74, 6) is -0.677. The number of nitrogens with one attached hydrogen (secondary N) is 1. The van der Waals surface area contributed by atoms with Crippen LogP contribution in [0.3, 0.4) is 0 Å². The maximum absolute atomic E-state index is 13.2. The summed E-state index contributed by atoms with van der Waals surface area (Å²) in [5, 5.41) is 7.23. The Hall–Kier alpha value is -1.40. The molecule has 0 radical (unpaired) electrons. The quantitative estimate of drug-likeness (QED) is 0.915. The van der Waals surface area contributed by atoms with Crippen molar-refractivity contribution in [3.05, 3.63) is 34.7 Å². The second-order valence-corrected chi connectivity index (χ2v) is 5.57. The minimum absolute atomic E-state index is 0.424. The third kappa shape index (κ3) is 3.78. The molecule has 19 heavy (non-hydrogen) atoms. The first-order valence-electron chi connectivity index (χ1n) is 6.04. The molecule has 0 fully saturated rings. The van der Waals surface area contributed by atoms with Crippen LogP contribution in [0.4, 0.5) is 8.78 Å². The molecule has 0 atom stereocenters. The van der Waals surface area contributed by atoms with Crippen molar-refractivity contribution in [1.82, 2.24) is 14.9 Å². The molecule has 0 saturated carbocycles. The molecule has 1 aromatic carbocycles. The standard InChI is InChI=1S/C13H15F2N3S/c1-8(2)6-16-7-12-13(17-18-19-12)9-3-10(14)5-11(15)4-9/h3-5,8,16H,6-7H2,1-2H3. The van der Waals surface area contributed by atoms with Crippen LogP contribution in [0, 0.1) is 17.6 Å². The second kappa shape index (κ2) is 6.16. The van der Waals surface area contributed by atoms with Gasteiger partial charge >= 0.3 is 0 Å². The average Bonchev–Trinajstić information content (AvgIpc) is 2.75. The van der Waals surface area contributed by atoms with Crippen molar-refractivity contribution in [2.45, 2.75) is 20.4 Å². The van der Waals surface area contributed by atoms with Crippen molar-refractivity contribution >= 4 is 11.5 Å². The van der Waals surface area contributed by atoms with Crippen molar-refractivity contribution in [2.24, 2.45) is 5.92 Å². The van der Waals surface area contributed by atoms with Gasteiger partial charge in [0.25, 0.3) is 0 Å². The molecule has 1 N–H and O–H groups in total. The van der Waals surface area contributed by atoms with E-state index in [1.54, 1.807) is 0 Å². The number of hydrogen-bond donors (Lipinski definition) is 1. The molecule has 0 saturated heterocycles. The summed E-state index contributed by atoms with van der Waals surface area (Å²) in [6, 6.07) is 3.39. The fourth-order valence-electron chi connectivity index (χ4n) is 1.71. The first-order valence-corrected chi connectivity index (χ1v) is 6.82. The van der Waals surface area contributed by atoms with Crippen LogP contribution in [0.25, 0.3) is 11.3 Å². The SMILES string of the molecule is CC(C)CNCc1snnc1-c1cc(F)cc(F)c1. The van der Waals surface area contributed by atoms with E-state index in [1.807, 2.05) is 0 Å². The summed E-state index contributed by atoms with van der Waals surface area (Å²) in [5.41, 5.74) is 0.965. The predicted molar refractivity (Wildman–Crippen MR) is 71.8 cm³/mol. The molecule has 0 aliphatic carbocycles. The third-order valence-corrected chi connectivity index (χ3v) is 3.25. The summed E-state index contributed by atoms with van der Waals surface area (Å²) in [7, 11) is 0. The fourth-order valence-corrected chi connectivity index (χ4v) is 2.34. The lowest BCUT2D eigenvalue weighted by Gasteiger charge is -2.06. The monoisotopic (exact) mass is 283 g/mol. The van der Waals surface area contributed by atoms with E-state index in [4.69, 9.17) is 0 Å². The van der Waals surface area contributed by atoms with E-state index < -0.39 is 11.6 Å². The first kappa shape index (κ1) is 14.0. The van der Waals surface area contributed by atoms with Crippen LogP contribution in [0.5, 0.6) is 0 Å². The highest BCUT2D eigenvalue weighted by molar-refractivity contribution is 7.05. The van der Waals surface area contributed by atoms with Crippen molar-refractivity contribution in [1.29, 1.82) is 0 Å². The molecule has 3 nitrogen and oxygen atoms in total. The Morgan fingerprint density at radius 1 is 1.21 bits per heavy atom. The van der Waals surface area contributed by atoms with Crippen LogP contribution in [0.15, 0.2) is 18.2 Å². The molecule has 102 valence electrons. The Labute approximate surface area is 114 Å². The Morgan fingerprint density at radius 3 is 2.53 bits per heavy atom. The zero-order chi connectivity index (χ0) is 13.8. The molecule has 0 aliphatic rings. The third-order valence-electron chi connectivity index (χ3n) is 2.53. The van der Waals surface area contributed by atoms with E-state index in [9.17, 15) is 8.78 Å². The Morgan fingerprint density at radius 2 is 1.89 bits per heavy atom. The summed E-state index contributed by atoms with van der Waals surface area (Å²) in [4.78, 5) is 0.880. The Balaban J connectivity index is 2.18. The lowest BCUT2D eigenvalue weighted by Crippen LogP contribution is -2.18. The molecular formula is C13H15F2N3S. The minimum Gasteiger partial charge on any atom is -0.311 e. The topological polar surface area (TPSA) is 37.8 Å². The number of rotatable bonds is 5. The van der Waals surface area contributed by atoms with Crippen LogP contribution in [-0.4, -0.2) is 16.1 Å². The summed E-state index contributed by atoms with van der Waals surface area (Å²) >= 11 is 1.24.